The molecule has 0 bridgehead atoms. The van der Waals surface area contributed by atoms with Crippen molar-refractivity contribution in [3.8, 4) is 11.5 Å². The first-order valence-corrected chi connectivity index (χ1v) is 7.88. The summed E-state index contributed by atoms with van der Waals surface area (Å²) in [6, 6.07) is 10.3. The number of ether oxygens (including phenoxy) is 2. The predicted molar refractivity (Wildman–Crippen MR) is 85.2 cm³/mol. The number of pyridine rings is 1. The molecule has 0 saturated carbocycles. The van der Waals surface area contributed by atoms with Crippen LogP contribution in [0.2, 0.25) is 0 Å². The molecule has 23 heavy (non-hydrogen) atoms. The molecule has 5 nitrogen and oxygen atoms in total. The molecule has 120 valence electrons. The number of fused-ring (bicyclic) bond motifs is 1. The molecule has 0 amide bonds. The molecule has 1 aromatic heterocycles. The van der Waals surface area contributed by atoms with Crippen LogP contribution in [0, 0.1) is 0 Å². The summed E-state index contributed by atoms with van der Waals surface area (Å²) in [6.07, 6.45) is 4.51. The summed E-state index contributed by atoms with van der Waals surface area (Å²) in [7, 11) is 1.98. The largest absolute Gasteiger partial charge is 0.486 e. The molecule has 1 fully saturated rings. The van der Waals surface area contributed by atoms with Crippen molar-refractivity contribution in [2.75, 3.05) is 20.3 Å². The van der Waals surface area contributed by atoms with E-state index in [9.17, 15) is 0 Å². The number of hydrogen-bond acceptors (Lipinski definition) is 5. The van der Waals surface area contributed by atoms with E-state index in [-0.39, 0.29) is 11.6 Å². The maximum Gasteiger partial charge on any atom is 0.161 e. The predicted octanol–water partition coefficient (Wildman–Crippen LogP) is 3.08. The fraction of sp³-hybridized carbons (Fsp3) is 0.389. The molecular formula is C18H20N2O3. The Balaban J connectivity index is 1.63. The zero-order valence-electron chi connectivity index (χ0n) is 13.4. The minimum absolute atomic E-state index is 0.163. The lowest BCUT2D eigenvalue weighted by Crippen LogP contribution is -2.23. The van der Waals surface area contributed by atoms with E-state index in [4.69, 9.17) is 14.3 Å². The maximum absolute atomic E-state index is 6.17. The van der Waals surface area contributed by atoms with Crippen LogP contribution in [0.15, 0.2) is 42.7 Å². The van der Waals surface area contributed by atoms with Crippen molar-refractivity contribution in [3.05, 3.63) is 53.9 Å². The zero-order valence-corrected chi connectivity index (χ0v) is 13.4. The Hall–Kier alpha value is -2.11. The van der Waals surface area contributed by atoms with Crippen LogP contribution < -0.4 is 9.47 Å². The Morgan fingerprint density at radius 1 is 1.17 bits per heavy atom. The Kier molecular flexibility index (Phi) is 3.47. The summed E-state index contributed by atoms with van der Waals surface area (Å²) in [5.74, 6) is 1.63. The molecule has 3 heterocycles. The van der Waals surface area contributed by atoms with Gasteiger partial charge in [0.05, 0.1) is 6.04 Å². The SMILES string of the molecule is CN1OC(C)(c2cccnc2)CC1c1ccc2c(c1)OCCO2. The van der Waals surface area contributed by atoms with Crippen molar-refractivity contribution in [2.24, 2.45) is 0 Å². The van der Waals surface area contributed by atoms with Crippen LogP contribution in [0.1, 0.15) is 30.5 Å². The van der Waals surface area contributed by atoms with E-state index in [0.29, 0.717) is 13.2 Å². The zero-order chi connectivity index (χ0) is 15.9. The van der Waals surface area contributed by atoms with Gasteiger partial charge in [-0.25, -0.2) is 0 Å². The third-order valence-corrected chi connectivity index (χ3v) is 4.59. The number of aromatic nitrogens is 1. The van der Waals surface area contributed by atoms with Gasteiger partial charge in [0.25, 0.3) is 0 Å². The van der Waals surface area contributed by atoms with Crippen molar-refractivity contribution in [2.45, 2.75) is 25.0 Å². The highest BCUT2D eigenvalue weighted by Crippen LogP contribution is 2.46. The van der Waals surface area contributed by atoms with Crippen molar-refractivity contribution in [1.82, 2.24) is 10.0 Å². The van der Waals surface area contributed by atoms with Crippen LogP contribution in [0.3, 0.4) is 0 Å². The summed E-state index contributed by atoms with van der Waals surface area (Å²) < 4.78 is 11.3. The molecule has 0 spiro atoms. The number of rotatable bonds is 2. The standard InChI is InChI=1S/C18H20N2O3/c1-18(14-4-3-7-19-12-14)11-15(20(2)23-18)13-5-6-16-17(10-13)22-9-8-21-16/h3-7,10,12,15H,8-9,11H2,1-2H3. The van der Waals surface area contributed by atoms with E-state index in [0.717, 1.165) is 23.5 Å². The third-order valence-electron chi connectivity index (χ3n) is 4.59. The topological polar surface area (TPSA) is 43.8 Å². The summed E-state index contributed by atoms with van der Waals surface area (Å²) >= 11 is 0. The van der Waals surface area contributed by atoms with Crippen LogP contribution >= 0.6 is 0 Å². The van der Waals surface area contributed by atoms with Gasteiger partial charge in [0.15, 0.2) is 11.5 Å². The fourth-order valence-electron chi connectivity index (χ4n) is 3.36. The Morgan fingerprint density at radius 3 is 2.78 bits per heavy atom. The first-order chi connectivity index (χ1) is 11.2. The summed E-state index contributed by atoms with van der Waals surface area (Å²) in [5, 5.41) is 1.93. The highest BCUT2D eigenvalue weighted by Gasteiger charge is 2.43. The quantitative estimate of drug-likeness (QED) is 0.852. The van der Waals surface area contributed by atoms with Crippen LogP contribution in [-0.2, 0) is 10.4 Å². The molecule has 4 rings (SSSR count). The summed E-state index contributed by atoms with van der Waals surface area (Å²) in [6.45, 7) is 3.32. The normalized spacial score (nSPS) is 27.1. The first-order valence-electron chi connectivity index (χ1n) is 7.88. The third kappa shape index (κ3) is 2.56. The van der Waals surface area contributed by atoms with Gasteiger partial charge in [-0.15, -0.1) is 0 Å². The second-order valence-electron chi connectivity index (χ2n) is 6.23. The van der Waals surface area contributed by atoms with Crippen LogP contribution in [0.4, 0.5) is 0 Å². The lowest BCUT2D eigenvalue weighted by Gasteiger charge is -2.23. The van der Waals surface area contributed by atoms with Crippen molar-refractivity contribution in [3.63, 3.8) is 0 Å². The molecule has 0 aliphatic carbocycles. The van der Waals surface area contributed by atoms with Gasteiger partial charge in [-0.2, -0.15) is 5.06 Å². The minimum atomic E-state index is -0.374. The van der Waals surface area contributed by atoms with Crippen molar-refractivity contribution in [1.29, 1.82) is 0 Å². The molecule has 0 N–H and O–H groups in total. The smallest absolute Gasteiger partial charge is 0.161 e. The van der Waals surface area contributed by atoms with Gasteiger partial charge in [0.1, 0.15) is 18.8 Å². The van der Waals surface area contributed by atoms with Gasteiger partial charge in [-0.3, -0.25) is 9.82 Å². The molecule has 2 atom stereocenters. The van der Waals surface area contributed by atoms with Gasteiger partial charge in [-0.05, 0) is 30.7 Å². The minimum Gasteiger partial charge on any atom is -0.486 e. The fourth-order valence-corrected chi connectivity index (χ4v) is 3.36. The lowest BCUT2D eigenvalue weighted by molar-refractivity contribution is -0.188. The molecule has 1 saturated heterocycles. The molecule has 0 radical (unpaired) electrons. The van der Waals surface area contributed by atoms with E-state index in [2.05, 4.69) is 30.1 Å². The average molecular weight is 312 g/mol. The molecule has 2 aromatic rings. The molecule has 2 aliphatic rings. The second kappa shape index (κ2) is 5.51. The molecule has 1 aromatic carbocycles. The van der Waals surface area contributed by atoms with Crippen LogP contribution in [-0.4, -0.2) is 30.3 Å². The van der Waals surface area contributed by atoms with E-state index in [1.807, 2.05) is 30.4 Å². The van der Waals surface area contributed by atoms with Crippen LogP contribution in [0.5, 0.6) is 11.5 Å². The highest BCUT2D eigenvalue weighted by molar-refractivity contribution is 5.45. The number of hydrogen-bond donors (Lipinski definition) is 0. The van der Waals surface area contributed by atoms with E-state index in [1.165, 1.54) is 5.56 Å². The van der Waals surface area contributed by atoms with Crippen LogP contribution in [0.25, 0.3) is 0 Å². The number of nitrogens with zero attached hydrogens (tertiary/aromatic N) is 2. The highest BCUT2D eigenvalue weighted by atomic mass is 16.7. The second-order valence-corrected chi connectivity index (χ2v) is 6.23. The number of hydroxylamine groups is 2. The van der Waals surface area contributed by atoms with Gasteiger partial charge in [0, 0.05) is 31.4 Å². The van der Waals surface area contributed by atoms with Gasteiger partial charge >= 0.3 is 0 Å². The Labute approximate surface area is 135 Å². The Bertz CT molecular complexity index is 707. The number of benzene rings is 1. The lowest BCUT2D eigenvalue weighted by atomic mass is 9.89. The van der Waals surface area contributed by atoms with E-state index < -0.39 is 0 Å². The van der Waals surface area contributed by atoms with Crippen molar-refractivity contribution < 1.29 is 14.3 Å². The average Bonchev–Trinajstić information content (AvgIpc) is 2.91. The van der Waals surface area contributed by atoms with Gasteiger partial charge < -0.3 is 9.47 Å². The van der Waals surface area contributed by atoms with Gasteiger partial charge in [0.2, 0.25) is 0 Å². The molecular weight excluding hydrogens is 292 g/mol. The summed E-state index contributed by atoms with van der Waals surface area (Å²) in [5.41, 5.74) is 1.89. The molecule has 2 aliphatic heterocycles. The monoisotopic (exact) mass is 312 g/mol. The maximum atomic E-state index is 6.17. The summed E-state index contributed by atoms with van der Waals surface area (Å²) in [4.78, 5) is 10.4. The van der Waals surface area contributed by atoms with E-state index in [1.54, 1.807) is 6.20 Å². The van der Waals surface area contributed by atoms with Gasteiger partial charge in [-0.1, -0.05) is 12.1 Å². The molecule has 5 heteroatoms. The Morgan fingerprint density at radius 2 is 2.00 bits per heavy atom. The van der Waals surface area contributed by atoms with E-state index >= 15 is 0 Å². The first kappa shape index (κ1) is 14.5. The molecule has 2 unspecified atom stereocenters. The van der Waals surface area contributed by atoms with Crippen molar-refractivity contribution >= 4 is 0 Å².